The van der Waals surface area contributed by atoms with Crippen molar-refractivity contribution in [3.05, 3.63) is 29.8 Å². The van der Waals surface area contributed by atoms with Gasteiger partial charge in [0.2, 0.25) is 0 Å². The van der Waals surface area contributed by atoms with Gasteiger partial charge in [0, 0.05) is 24.2 Å². The molecule has 1 aromatic carbocycles. The molecule has 0 heterocycles. The SMILES string of the molecule is CNC(=O)C[NH2+]CC(=O)NCCSc1ccc(C)cc1. The average Bonchev–Trinajstić information content (AvgIpc) is 2.45. The number of hydrogen-bond acceptors (Lipinski definition) is 3. The molecule has 0 bridgehead atoms. The predicted octanol–water partition coefficient (Wildman–Crippen LogP) is -0.487. The molecule has 1 rings (SSSR count). The molecule has 0 saturated carbocycles. The molecule has 110 valence electrons. The molecular formula is C14H22N3O2S+. The fourth-order valence-corrected chi connectivity index (χ4v) is 2.27. The zero-order chi connectivity index (χ0) is 14.8. The second-order valence-electron chi connectivity index (χ2n) is 4.38. The van der Waals surface area contributed by atoms with Crippen molar-refractivity contribution in [2.75, 3.05) is 32.4 Å². The maximum Gasteiger partial charge on any atom is 0.275 e. The van der Waals surface area contributed by atoms with Crippen LogP contribution in [0.5, 0.6) is 0 Å². The average molecular weight is 296 g/mol. The number of amides is 2. The predicted molar refractivity (Wildman–Crippen MR) is 80.6 cm³/mol. The summed E-state index contributed by atoms with van der Waals surface area (Å²) in [6, 6.07) is 8.32. The maximum atomic E-state index is 11.5. The minimum Gasteiger partial charge on any atom is -0.354 e. The van der Waals surface area contributed by atoms with Crippen LogP contribution < -0.4 is 16.0 Å². The van der Waals surface area contributed by atoms with Crippen LogP contribution in [0.15, 0.2) is 29.2 Å². The van der Waals surface area contributed by atoms with Crippen molar-refractivity contribution in [3.63, 3.8) is 0 Å². The smallest absolute Gasteiger partial charge is 0.275 e. The number of likely N-dealkylation sites (N-methyl/N-ethyl adjacent to an activating group) is 1. The first-order valence-corrected chi connectivity index (χ1v) is 7.59. The van der Waals surface area contributed by atoms with Gasteiger partial charge in [-0.15, -0.1) is 11.8 Å². The van der Waals surface area contributed by atoms with Crippen LogP contribution in [-0.4, -0.2) is 44.2 Å². The van der Waals surface area contributed by atoms with Gasteiger partial charge in [0.25, 0.3) is 11.8 Å². The molecule has 6 heteroatoms. The zero-order valence-corrected chi connectivity index (χ0v) is 12.8. The standard InChI is InChI=1S/C14H21N3O2S/c1-11-3-5-12(6-4-11)20-8-7-17-14(19)10-16-9-13(18)15-2/h3-6,16H,7-10H2,1-2H3,(H,15,18)(H,17,19)/p+1. The Kier molecular flexibility index (Phi) is 7.75. The van der Waals surface area contributed by atoms with Crippen molar-refractivity contribution in [2.24, 2.45) is 0 Å². The van der Waals surface area contributed by atoms with Crippen LogP contribution in [0.3, 0.4) is 0 Å². The van der Waals surface area contributed by atoms with E-state index < -0.39 is 0 Å². The van der Waals surface area contributed by atoms with E-state index in [1.165, 1.54) is 10.5 Å². The Labute approximate surface area is 123 Å². The first-order valence-electron chi connectivity index (χ1n) is 6.60. The molecule has 5 nitrogen and oxygen atoms in total. The van der Waals surface area contributed by atoms with E-state index in [0.29, 0.717) is 6.54 Å². The summed E-state index contributed by atoms with van der Waals surface area (Å²) in [6.45, 7) is 3.25. The van der Waals surface area contributed by atoms with E-state index in [2.05, 4.69) is 41.8 Å². The van der Waals surface area contributed by atoms with Crippen LogP contribution in [0.2, 0.25) is 0 Å². The number of benzene rings is 1. The summed E-state index contributed by atoms with van der Waals surface area (Å²) in [6.07, 6.45) is 0. The Balaban J connectivity index is 2.07. The third kappa shape index (κ3) is 7.16. The summed E-state index contributed by atoms with van der Waals surface area (Å²) in [5.41, 5.74) is 1.24. The molecule has 0 fully saturated rings. The molecule has 0 spiro atoms. The second kappa shape index (κ2) is 9.39. The van der Waals surface area contributed by atoms with Gasteiger partial charge in [-0.1, -0.05) is 17.7 Å². The second-order valence-corrected chi connectivity index (χ2v) is 5.55. The number of hydrogen-bond donors (Lipinski definition) is 3. The largest absolute Gasteiger partial charge is 0.354 e. The normalized spacial score (nSPS) is 10.1. The summed E-state index contributed by atoms with van der Waals surface area (Å²) >= 11 is 1.71. The van der Waals surface area contributed by atoms with Crippen LogP contribution >= 0.6 is 11.8 Å². The summed E-state index contributed by atoms with van der Waals surface area (Å²) < 4.78 is 0. The highest BCUT2D eigenvalue weighted by Gasteiger charge is 2.05. The first kappa shape index (κ1) is 16.5. The van der Waals surface area contributed by atoms with E-state index in [4.69, 9.17) is 0 Å². The highest BCUT2D eigenvalue weighted by atomic mass is 32.2. The van der Waals surface area contributed by atoms with Gasteiger partial charge < -0.3 is 16.0 Å². The van der Waals surface area contributed by atoms with Crippen LogP contribution in [0.4, 0.5) is 0 Å². The van der Waals surface area contributed by atoms with Gasteiger partial charge in [0.1, 0.15) is 0 Å². The van der Waals surface area contributed by atoms with Crippen LogP contribution in [-0.2, 0) is 9.59 Å². The fraction of sp³-hybridized carbons (Fsp3) is 0.429. The van der Waals surface area contributed by atoms with Crippen molar-refractivity contribution in [1.82, 2.24) is 10.6 Å². The van der Waals surface area contributed by atoms with Gasteiger partial charge in [0.15, 0.2) is 13.1 Å². The molecule has 0 radical (unpaired) electrons. The molecule has 0 atom stereocenters. The molecule has 0 unspecified atom stereocenters. The number of carbonyl (C=O) groups excluding carboxylic acids is 2. The highest BCUT2D eigenvalue weighted by Crippen LogP contribution is 2.17. The van der Waals surface area contributed by atoms with Crippen LogP contribution in [0.1, 0.15) is 5.56 Å². The van der Waals surface area contributed by atoms with Crippen molar-refractivity contribution in [1.29, 1.82) is 0 Å². The van der Waals surface area contributed by atoms with E-state index in [1.807, 2.05) is 0 Å². The molecule has 1 aromatic rings. The van der Waals surface area contributed by atoms with Crippen molar-refractivity contribution < 1.29 is 14.9 Å². The zero-order valence-electron chi connectivity index (χ0n) is 11.9. The van der Waals surface area contributed by atoms with Crippen molar-refractivity contribution >= 4 is 23.6 Å². The molecule has 0 aromatic heterocycles. The third-order valence-corrected chi connectivity index (χ3v) is 3.67. The maximum absolute atomic E-state index is 11.5. The lowest BCUT2D eigenvalue weighted by Crippen LogP contribution is -2.88. The molecule has 0 aliphatic heterocycles. The number of quaternary nitrogens is 1. The van der Waals surface area contributed by atoms with E-state index in [0.717, 1.165) is 5.75 Å². The Bertz CT molecular complexity index is 435. The van der Waals surface area contributed by atoms with Gasteiger partial charge in [0.05, 0.1) is 0 Å². The Morgan fingerprint density at radius 1 is 1.15 bits per heavy atom. The van der Waals surface area contributed by atoms with Crippen LogP contribution in [0, 0.1) is 6.92 Å². The lowest BCUT2D eigenvalue weighted by molar-refractivity contribution is -0.633. The van der Waals surface area contributed by atoms with E-state index >= 15 is 0 Å². The van der Waals surface area contributed by atoms with E-state index in [9.17, 15) is 9.59 Å². The minimum atomic E-state index is -0.0762. The van der Waals surface area contributed by atoms with Crippen LogP contribution in [0.25, 0.3) is 0 Å². The summed E-state index contributed by atoms with van der Waals surface area (Å²) in [4.78, 5) is 23.6. The number of thioether (sulfide) groups is 1. The quantitative estimate of drug-likeness (QED) is 0.448. The molecule has 4 N–H and O–H groups in total. The van der Waals surface area contributed by atoms with E-state index in [-0.39, 0.29) is 24.9 Å². The lowest BCUT2D eigenvalue weighted by Gasteiger charge is -2.05. The first-order chi connectivity index (χ1) is 9.61. The number of carbonyl (C=O) groups is 2. The summed E-state index contributed by atoms with van der Waals surface area (Å²) in [7, 11) is 1.58. The Hall–Kier alpha value is -1.53. The Morgan fingerprint density at radius 2 is 1.80 bits per heavy atom. The molecule has 0 aliphatic rings. The lowest BCUT2D eigenvalue weighted by atomic mass is 10.2. The van der Waals surface area contributed by atoms with Gasteiger partial charge in [-0.25, -0.2) is 0 Å². The highest BCUT2D eigenvalue weighted by molar-refractivity contribution is 7.99. The molecule has 0 saturated heterocycles. The van der Waals surface area contributed by atoms with Gasteiger partial charge in [-0.2, -0.15) is 0 Å². The number of nitrogens with one attached hydrogen (secondary N) is 2. The van der Waals surface area contributed by atoms with Gasteiger partial charge in [-0.3, -0.25) is 9.59 Å². The topological polar surface area (TPSA) is 74.8 Å². The summed E-state index contributed by atoms with van der Waals surface area (Å²) in [5, 5.41) is 7.02. The fourth-order valence-electron chi connectivity index (χ4n) is 1.50. The number of nitrogens with two attached hydrogens (primary N) is 1. The molecular weight excluding hydrogens is 274 g/mol. The number of aryl methyl sites for hydroxylation is 1. The summed E-state index contributed by atoms with van der Waals surface area (Å²) in [5.74, 6) is 0.718. The minimum absolute atomic E-state index is 0.0431. The van der Waals surface area contributed by atoms with Crippen molar-refractivity contribution in [3.8, 4) is 0 Å². The molecule has 0 aliphatic carbocycles. The van der Waals surface area contributed by atoms with E-state index in [1.54, 1.807) is 24.1 Å². The van der Waals surface area contributed by atoms with Gasteiger partial charge in [-0.05, 0) is 19.1 Å². The third-order valence-electron chi connectivity index (χ3n) is 2.65. The molecule has 20 heavy (non-hydrogen) atoms. The Morgan fingerprint density at radius 3 is 2.45 bits per heavy atom. The molecule has 2 amide bonds. The number of rotatable bonds is 8. The monoisotopic (exact) mass is 296 g/mol. The van der Waals surface area contributed by atoms with Crippen molar-refractivity contribution in [2.45, 2.75) is 11.8 Å². The van der Waals surface area contributed by atoms with Gasteiger partial charge >= 0.3 is 0 Å².